The van der Waals surface area contributed by atoms with Crippen molar-refractivity contribution in [2.75, 3.05) is 19.7 Å². The summed E-state index contributed by atoms with van der Waals surface area (Å²) in [5.41, 5.74) is 1.51. The quantitative estimate of drug-likeness (QED) is 0.774. The summed E-state index contributed by atoms with van der Waals surface area (Å²) in [7, 11) is 0. The van der Waals surface area contributed by atoms with Crippen LogP contribution in [0.3, 0.4) is 0 Å². The molecule has 1 aliphatic rings. The number of nitrogens with one attached hydrogen (secondary N) is 1. The van der Waals surface area contributed by atoms with Crippen molar-refractivity contribution in [1.29, 1.82) is 0 Å². The van der Waals surface area contributed by atoms with E-state index in [1.165, 1.54) is 6.07 Å². The Hall–Kier alpha value is -2.89. The van der Waals surface area contributed by atoms with Crippen LogP contribution in [0.25, 0.3) is 0 Å². The number of benzene rings is 2. The fraction of sp³-hybridized carbons (Fsp3) is 0.417. The molecule has 1 heterocycles. The molecule has 0 spiro atoms. The Bertz CT molecular complexity index is 896. The molecule has 2 aromatic rings. The van der Waals surface area contributed by atoms with Gasteiger partial charge in [0.05, 0.1) is 6.61 Å². The van der Waals surface area contributed by atoms with Crippen LogP contribution in [-0.2, 0) is 0 Å². The largest absolute Gasteiger partial charge is 0.493 e. The Morgan fingerprint density at radius 3 is 2.53 bits per heavy atom. The van der Waals surface area contributed by atoms with Crippen molar-refractivity contribution in [1.82, 2.24) is 10.2 Å². The number of hydrogen-bond acceptors (Lipinski definition) is 3. The third kappa shape index (κ3) is 5.59. The smallest absolute Gasteiger partial charge is 0.253 e. The summed E-state index contributed by atoms with van der Waals surface area (Å²) in [6, 6.07) is 11.8. The number of hydrogen-bond donors (Lipinski definition) is 1. The van der Waals surface area contributed by atoms with Gasteiger partial charge in [0.1, 0.15) is 11.6 Å². The van der Waals surface area contributed by atoms with E-state index < -0.39 is 0 Å². The molecule has 2 amide bonds. The van der Waals surface area contributed by atoms with Crippen molar-refractivity contribution < 1.29 is 18.7 Å². The van der Waals surface area contributed by atoms with Crippen LogP contribution in [0.4, 0.5) is 4.39 Å². The average molecular weight is 413 g/mol. The maximum Gasteiger partial charge on any atom is 0.253 e. The van der Waals surface area contributed by atoms with E-state index in [-0.39, 0.29) is 29.6 Å². The number of rotatable bonds is 6. The number of carbonyl (C=O) groups is 2. The van der Waals surface area contributed by atoms with Crippen molar-refractivity contribution in [3.63, 3.8) is 0 Å². The van der Waals surface area contributed by atoms with Gasteiger partial charge in [0.25, 0.3) is 11.8 Å². The van der Waals surface area contributed by atoms with Gasteiger partial charge in [-0.2, -0.15) is 0 Å². The molecule has 30 heavy (non-hydrogen) atoms. The van der Waals surface area contributed by atoms with Crippen LogP contribution in [0.2, 0.25) is 0 Å². The minimum atomic E-state index is -0.358. The highest BCUT2D eigenvalue weighted by molar-refractivity contribution is 5.94. The molecule has 2 aromatic carbocycles. The molecule has 0 bridgehead atoms. The second-order valence-corrected chi connectivity index (χ2v) is 8.19. The minimum Gasteiger partial charge on any atom is -0.493 e. The normalized spacial score (nSPS) is 16.4. The third-order valence-electron chi connectivity index (χ3n) is 5.25. The van der Waals surface area contributed by atoms with E-state index in [1.54, 1.807) is 48.2 Å². The summed E-state index contributed by atoms with van der Waals surface area (Å²) in [6.45, 7) is 7.27. The summed E-state index contributed by atoms with van der Waals surface area (Å²) < 4.78 is 19.7. The van der Waals surface area contributed by atoms with E-state index in [2.05, 4.69) is 5.32 Å². The maximum atomic E-state index is 13.8. The standard InChI is InChI=1S/C24H29FN2O3/c1-16(2)26-23(28)19-8-10-21(11-9-19)30-15-18-5-4-12-27(14-18)24(29)20-7-6-17(3)22(25)13-20/h6-11,13,16,18H,4-5,12,14-15H2,1-3H3,(H,26,28)/t18-/m0/s1. The van der Waals surface area contributed by atoms with Gasteiger partial charge in [0, 0.05) is 36.2 Å². The number of carbonyl (C=O) groups excluding carboxylic acids is 2. The van der Waals surface area contributed by atoms with Crippen LogP contribution in [0.15, 0.2) is 42.5 Å². The third-order valence-corrected chi connectivity index (χ3v) is 5.25. The van der Waals surface area contributed by atoms with Crippen molar-refractivity contribution in [2.45, 2.75) is 39.7 Å². The lowest BCUT2D eigenvalue weighted by atomic mass is 9.98. The van der Waals surface area contributed by atoms with E-state index in [1.807, 2.05) is 13.8 Å². The summed E-state index contributed by atoms with van der Waals surface area (Å²) in [4.78, 5) is 26.5. The van der Waals surface area contributed by atoms with Gasteiger partial charge in [-0.05, 0) is 75.6 Å². The highest BCUT2D eigenvalue weighted by Crippen LogP contribution is 2.21. The zero-order chi connectivity index (χ0) is 21.7. The molecule has 0 unspecified atom stereocenters. The van der Waals surface area contributed by atoms with Crippen molar-refractivity contribution in [3.05, 3.63) is 65.0 Å². The van der Waals surface area contributed by atoms with Gasteiger partial charge in [-0.1, -0.05) is 6.07 Å². The van der Waals surface area contributed by atoms with E-state index in [4.69, 9.17) is 4.74 Å². The number of likely N-dealkylation sites (tertiary alicyclic amines) is 1. The maximum absolute atomic E-state index is 13.8. The number of amides is 2. The molecule has 1 atom stereocenters. The number of halogens is 1. The van der Waals surface area contributed by atoms with Gasteiger partial charge >= 0.3 is 0 Å². The summed E-state index contributed by atoms with van der Waals surface area (Å²) in [5.74, 6) is 0.301. The Labute approximate surface area is 177 Å². The monoisotopic (exact) mass is 412 g/mol. The zero-order valence-corrected chi connectivity index (χ0v) is 17.8. The van der Waals surface area contributed by atoms with Gasteiger partial charge in [-0.25, -0.2) is 4.39 Å². The van der Waals surface area contributed by atoms with Crippen LogP contribution in [0.1, 0.15) is 53.0 Å². The summed E-state index contributed by atoms with van der Waals surface area (Å²) in [6.07, 6.45) is 1.86. The molecule has 3 rings (SSSR count). The molecule has 1 aliphatic heterocycles. The van der Waals surface area contributed by atoms with E-state index in [9.17, 15) is 14.0 Å². The fourth-order valence-electron chi connectivity index (χ4n) is 3.56. The molecule has 1 N–H and O–H groups in total. The highest BCUT2D eigenvalue weighted by Gasteiger charge is 2.25. The zero-order valence-electron chi connectivity index (χ0n) is 17.8. The van der Waals surface area contributed by atoms with Crippen LogP contribution >= 0.6 is 0 Å². The predicted molar refractivity (Wildman–Crippen MR) is 114 cm³/mol. The molecule has 5 nitrogen and oxygen atoms in total. The Morgan fingerprint density at radius 1 is 1.17 bits per heavy atom. The first-order valence-corrected chi connectivity index (χ1v) is 10.4. The summed E-state index contributed by atoms with van der Waals surface area (Å²) >= 11 is 0. The van der Waals surface area contributed by atoms with E-state index in [0.29, 0.717) is 42.1 Å². The first kappa shape index (κ1) is 21.8. The second-order valence-electron chi connectivity index (χ2n) is 8.19. The first-order valence-electron chi connectivity index (χ1n) is 10.4. The average Bonchev–Trinajstić information content (AvgIpc) is 2.74. The number of ether oxygens (including phenoxy) is 1. The first-order chi connectivity index (χ1) is 14.3. The molecule has 0 saturated carbocycles. The fourth-order valence-corrected chi connectivity index (χ4v) is 3.56. The van der Waals surface area contributed by atoms with Gasteiger partial charge in [-0.3, -0.25) is 9.59 Å². The SMILES string of the molecule is Cc1ccc(C(=O)N2CCC[C@H](COc3ccc(C(=O)NC(C)C)cc3)C2)cc1F. The van der Waals surface area contributed by atoms with Crippen LogP contribution in [0.5, 0.6) is 5.75 Å². The van der Waals surface area contributed by atoms with Gasteiger partial charge < -0.3 is 15.0 Å². The molecule has 160 valence electrons. The molecule has 1 saturated heterocycles. The van der Waals surface area contributed by atoms with Crippen molar-refractivity contribution in [3.8, 4) is 5.75 Å². The lowest BCUT2D eigenvalue weighted by molar-refractivity contribution is 0.0633. The topological polar surface area (TPSA) is 58.6 Å². The van der Waals surface area contributed by atoms with Gasteiger partial charge in [-0.15, -0.1) is 0 Å². The number of piperidine rings is 1. The number of nitrogens with zero attached hydrogens (tertiary/aromatic N) is 1. The van der Waals surface area contributed by atoms with E-state index in [0.717, 1.165) is 12.8 Å². The molecule has 0 aromatic heterocycles. The lowest BCUT2D eigenvalue weighted by Gasteiger charge is -2.32. The van der Waals surface area contributed by atoms with Crippen LogP contribution < -0.4 is 10.1 Å². The molecule has 0 radical (unpaired) electrons. The van der Waals surface area contributed by atoms with E-state index >= 15 is 0 Å². The Morgan fingerprint density at radius 2 is 1.87 bits per heavy atom. The molecule has 0 aliphatic carbocycles. The minimum absolute atomic E-state index is 0.0850. The van der Waals surface area contributed by atoms with Crippen LogP contribution in [0, 0.1) is 18.7 Å². The lowest BCUT2D eigenvalue weighted by Crippen LogP contribution is -2.41. The molecule has 6 heteroatoms. The van der Waals surface area contributed by atoms with Crippen molar-refractivity contribution in [2.24, 2.45) is 5.92 Å². The molecular weight excluding hydrogens is 383 g/mol. The second kappa shape index (κ2) is 9.74. The van der Waals surface area contributed by atoms with Crippen molar-refractivity contribution >= 4 is 11.8 Å². The summed E-state index contributed by atoms with van der Waals surface area (Å²) in [5, 5.41) is 2.86. The molecule has 1 fully saturated rings. The van der Waals surface area contributed by atoms with Gasteiger partial charge in [0.15, 0.2) is 0 Å². The number of aryl methyl sites for hydroxylation is 1. The Kier molecular flexibility index (Phi) is 7.08. The Balaban J connectivity index is 1.54. The van der Waals surface area contributed by atoms with Gasteiger partial charge in [0.2, 0.25) is 0 Å². The predicted octanol–water partition coefficient (Wildman–Crippen LogP) is 4.20. The van der Waals surface area contributed by atoms with Crippen LogP contribution in [-0.4, -0.2) is 42.5 Å². The molecular formula is C24H29FN2O3. The highest BCUT2D eigenvalue weighted by atomic mass is 19.1.